The van der Waals surface area contributed by atoms with Crippen LogP contribution in [0.4, 0.5) is 77.0 Å². The number of rotatable bonds is 12. The summed E-state index contributed by atoms with van der Waals surface area (Å²) in [4.78, 5) is 10.1. The molecule has 0 spiro atoms. The highest BCUT2D eigenvalue weighted by molar-refractivity contribution is 7.17. The third kappa shape index (κ3) is 9.29. The Labute approximate surface area is 623 Å². The van der Waals surface area contributed by atoms with Gasteiger partial charge in [0, 0.05) is 78.9 Å². The Morgan fingerprint density at radius 1 is 0.274 bits per heavy atom. The number of hydrogen-bond donors (Lipinski definition) is 0. The fraction of sp³-hybridized carbons (Fsp3) is 0.125. The molecule has 0 N–H and O–H groups in total. The predicted molar refractivity (Wildman–Crippen MR) is 451 cm³/mol. The van der Waals surface area contributed by atoms with Crippen LogP contribution in [0.1, 0.15) is 52.2 Å². The maximum atomic E-state index is 16.3. The second-order valence-electron chi connectivity index (χ2n) is 32.4. The normalized spacial score (nSPS) is 14.8. The van der Waals surface area contributed by atoms with Crippen LogP contribution in [0.2, 0.25) is 25.7 Å². The third-order valence-electron chi connectivity index (χ3n) is 24.8. The molecule has 0 amide bonds. The molecule has 6 heterocycles. The molecule has 14 aromatic rings. The standard InChI is InChI=1S/C96H78B2F2N4Si2/c1-95(2,3)63-55-51-61(52-56-63)65-27-11-17-35-73(65)101-77-39-21-40-78-89(77)97-91-81(101)43-23-47-85(91)105(6,7)86-48-24-44-82(92(86)97)102(78)74-36-18-12-28-66(74)62-53-57-64(58-54-62)96(4,5)59-60-106(8)87-49-25-45-83-93(87)98-90-79(103(83)75-37-19-13-31-69(75)67-29-9-15-33-71(67)99)41-22-42-80(90)104(84-46-26-50-88(106)94(84)98)76-38-20-14-32-70(76)68-30-10-16-34-72(68)100/h9-58H,59-60H2,1-8H3. The topological polar surface area (TPSA) is 13.0 Å². The Balaban J connectivity index is 0.694. The fourth-order valence-corrected chi connectivity index (χ4v) is 27.5. The molecule has 0 fully saturated rings. The van der Waals surface area contributed by atoms with Gasteiger partial charge in [0.2, 0.25) is 0 Å². The van der Waals surface area contributed by atoms with Gasteiger partial charge in [0.25, 0.3) is 13.4 Å². The molecule has 0 aromatic heterocycles. The first-order chi connectivity index (χ1) is 51.5. The Hall–Kier alpha value is -11.3. The molecule has 14 aromatic carbocycles. The third-order valence-corrected chi connectivity index (χ3v) is 32.9. The van der Waals surface area contributed by atoms with E-state index in [2.05, 4.69) is 317 Å². The van der Waals surface area contributed by atoms with E-state index in [1.54, 1.807) is 24.3 Å². The van der Waals surface area contributed by atoms with E-state index < -0.39 is 16.1 Å². The molecular formula is C96H78B2F2N4Si2. The van der Waals surface area contributed by atoms with E-state index in [-0.39, 0.29) is 35.9 Å². The summed E-state index contributed by atoms with van der Waals surface area (Å²) in [6, 6.07) is 111. The van der Waals surface area contributed by atoms with E-state index in [1.165, 1.54) is 115 Å². The molecule has 10 heteroatoms. The average Bonchev–Trinajstić information content (AvgIpc) is 0.678. The number of hydrogen-bond acceptors (Lipinski definition) is 4. The summed E-state index contributed by atoms with van der Waals surface area (Å²) in [5.74, 6) is -0.524. The Bertz CT molecular complexity index is 5850. The fourth-order valence-electron chi connectivity index (χ4n) is 19.6. The molecule has 0 saturated heterocycles. The zero-order valence-electron chi connectivity index (χ0n) is 61.0. The molecule has 0 unspecified atom stereocenters. The second kappa shape index (κ2) is 23.6. The summed E-state index contributed by atoms with van der Waals surface area (Å²) in [6.07, 6.45) is 0.938. The van der Waals surface area contributed by atoms with Crippen molar-refractivity contribution in [2.45, 2.75) is 77.6 Å². The SMILES string of the molecule is CC(C)(C)c1ccc(-c2ccccc2N2c3cccc4c3B3c5c2cccc5[Si](C)(C)c2cccc(c23)N4c2ccccc2-c2ccc(C(C)(C)CC[Si]3(C)c4cccc5c4B4c6c(cccc6N(c6ccccc6-c6ccccc6F)c6cccc3c64)N5c3ccccc3-c3ccccc3F)cc2)cc1. The lowest BCUT2D eigenvalue weighted by atomic mass is 9.33. The minimum absolute atomic E-state index is 0.0459. The Morgan fingerprint density at radius 3 is 0.906 bits per heavy atom. The highest BCUT2D eigenvalue weighted by Crippen LogP contribution is 2.52. The maximum Gasteiger partial charge on any atom is 0.251 e. The van der Waals surface area contributed by atoms with Crippen LogP contribution in [0.25, 0.3) is 44.5 Å². The van der Waals surface area contributed by atoms with Gasteiger partial charge in [0.15, 0.2) is 0 Å². The van der Waals surface area contributed by atoms with E-state index in [1.807, 2.05) is 36.4 Å². The van der Waals surface area contributed by atoms with Gasteiger partial charge in [-0.05, 0) is 163 Å². The molecule has 0 radical (unpaired) electrons. The zero-order valence-corrected chi connectivity index (χ0v) is 63.0. The lowest BCUT2D eigenvalue weighted by molar-refractivity contribution is 0.504. The smallest absolute Gasteiger partial charge is 0.251 e. The first-order valence-electron chi connectivity index (χ1n) is 37.6. The van der Waals surface area contributed by atoms with Gasteiger partial charge in [-0.3, -0.25) is 0 Å². The van der Waals surface area contributed by atoms with E-state index in [0.29, 0.717) is 11.1 Å². The van der Waals surface area contributed by atoms with Gasteiger partial charge < -0.3 is 19.6 Å². The van der Waals surface area contributed by atoms with Crippen molar-refractivity contribution in [1.82, 2.24) is 0 Å². The summed E-state index contributed by atoms with van der Waals surface area (Å²) in [5, 5.41) is 5.91. The van der Waals surface area contributed by atoms with Crippen LogP contribution in [0.5, 0.6) is 0 Å². The molecule has 0 atom stereocenters. The van der Waals surface area contributed by atoms with Crippen LogP contribution in [-0.2, 0) is 10.8 Å². The minimum atomic E-state index is -2.75. The Morgan fingerprint density at radius 2 is 0.547 bits per heavy atom. The van der Waals surface area contributed by atoms with Crippen LogP contribution in [0.15, 0.2) is 303 Å². The maximum absolute atomic E-state index is 16.3. The summed E-state index contributed by atoms with van der Waals surface area (Å²) in [6.45, 7) is 19.5. The molecular weight excluding hydrogens is 1320 g/mol. The molecule has 0 aliphatic carbocycles. The molecule has 0 bridgehead atoms. The van der Waals surface area contributed by atoms with Gasteiger partial charge in [0.1, 0.15) is 27.8 Å². The van der Waals surface area contributed by atoms with Crippen LogP contribution < -0.4 is 73.1 Å². The lowest BCUT2D eigenvalue weighted by Crippen LogP contribution is -2.80. The number of benzene rings is 14. The molecule has 6 aliphatic heterocycles. The van der Waals surface area contributed by atoms with Crippen molar-refractivity contribution in [3.63, 3.8) is 0 Å². The van der Waals surface area contributed by atoms with Crippen molar-refractivity contribution in [2.75, 3.05) is 19.6 Å². The largest absolute Gasteiger partial charge is 0.311 e. The summed E-state index contributed by atoms with van der Waals surface area (Å²) in [7, 11) is -5.04. The van der Waals surface area contributed by atoms with Crippen molar-refractivity contribution in [3.8, 4) is 44.5 Å². The highest BCUT2D eigenvalue weighted by atomic mass is 28.3. The van der Waals surface area contributed by atoms with E-state index in [0.717, 1.165) is 63.4 Å². The molecule has 106 heavy (non-hydrogen) atoms. The zero-order chi connectivity index (χ0) is 71.9. The van der Waals surface area contributed by atoms with Crippen molar-refractivity contribution < 1.29 is 8.78 Å². The summed E-state index contributed by atoms with van der Waals surface area (Å²) < 4.78 is 32.7. The predicted octanol–water partition coefficient (Wildman–Crippen LogP) is 19.1. The van der Waals surface area contributed by atoms with Gasteiger partial charge in [-0.1, -0.05) is 293 Å². The summed E-state index contributed by atoms with van der Waals surface area (Å²) >= 11 is 0. The number of halogens is 2. The first-order valence-corrected chi connectivity index (χ1v) is 43.3. The van der Waals surface area contributed by atoms with E-state index in [9.17, 15) is 0 Å². The molecule has 510 valence electrons. The van der Waals surface area contributed by atoms with Crippen molar-refractivity contribution in [2.24, 2.45) is 0 Å². The second-order valence-corrected chi connectivity index (χ2v) is 40.9. The lowest BCUT2D eigenvalue weighted by Gasteiger charge is -2.51. The molecule has 0 saturated carbocycles. The minimum Gasteiger partial charge on any atom is -0.311 e. The highest BCUT2D eigenvalue weighted by Gasteiger charge is 2.55. The van der Waals surface area contributed by atoms with E-state index >= 15 is 8.78 Å². The summed E-state index contributed by atoms with van der Waals surface area (Å²) in [5.41, 5.74) is 31.6. The molecule has 6 aliphatic rings. The van der Waals surface area contributed by atoms with Gasteiger partial charge in [-0.15, -0.1) is 0 Å². The average molecular weight is 1400 g/mol. The monoisotopic (exact) mass is 1400 g/mol. The van der Waals surface area contributed by atoms with Crippen LogP contribution >= 0.6 is 0 Å². The Kier molecular flexibility index (Phi) is 14.3. The van der Waals surface area contributed by atoms with Gasteiger partial charge in [-0.2, -0.15) is 0 Å². The number of nitrogens with zero attached hydrogens (tertiary/aromatic N) is 4. The van der Waals surface area contributed by atoms with E-state index in [4.69, 9.17) is 0 Å². The molecule has 20 rings (SSSR count). The number of anilines is 12. The van der Waals surface area contributed by atoms with Crippen LogP contribution in [0, 0.1) is 11.6 Å². The van der Waals surface area contributed by atoms with Crippen molar-refractivity contribution in [3.05, 3.63) is 326 Å². The number of para-hydroxylation sites is 4. The van der Waals surface area contributed by atoms with Gasteiger partial charge >= 0.3 is 0 Å². The molecule has 4 nitrogen and oxygen atoms in total. The van der Waals surface area contributed by atoms with Crippen molar-refractivity contribution >= 4 is 151 Å². The van der Waals surface area contributed by atoms with Gasteiger partial charge in [0.05, 0.1) is 22.7 Å². The van der Waals surface area contributed by atoms with Crippen molar-refractivity contribution in [1.29, 1.82) is 0 Å². The quantitative estimate of drug-likeness (QED) is 0.113. The van der Waals surface area contributed by atoms with Crippen LogP contribution in [-0.4, -0.2) is 29.6 Å². The first kappa shape index (κ1) is 64.3. The van der Waals surface area contributed by atoms with Gasteiger partial charge in [-0.25, -0.2) is 8.78 Å². The van der Waals surface area contributed by atoms with Crippen LogP contribution in [0.3, 0.4) is 0 Å².